The van der Waals surface area contributed by atoms with Crippen LogP contribution in [0.25, 0.3) is 0 Å². The molecule has 0 radical (unpaired) electrons. The molecule has 106 valence electrons. The van der Waals surface area contributed by atoms with Crippen LogP contribution in [0.1, 0.15) is 11.1 Å². The summed E-state index contributed by atoms with van der Waals surface area (Å²) in [6.45, 7) is 0.625. The van der Waals surface area contributed by atoms with Gasteiger partial charge in [0.05, 0.1) is 12.7 Å². The first-order valence-electron chi connectivity index (χ1n) is 6.26. The van der Waals surface area contributed by atoms with E-state index >= 15 is 0 Å². The number of amides is 2. The van der Waals surface area contributed by atoms with E-state index in [9.17, 15) is 9.18 Å². The minimum Gasteiger partial charge on any atom is -0.334 e. The second-order valence-electron chi connectivity index (χ2n) is 4.63. The van der Waals surface area contributed by atoms with E-state index in [0.717, 1.165) is 5.56 Å². The molecule has 0 saturated carbocycles. The lowest BCUT2D eigenvalue weighted by Crippen LogP contribution is -2.36. The van der Waals surface area contributed by atoms with Crippen LogP contribution in [0.4, 0.5) is 9.18 Å². The van der Waals surface area contributed by atoms with E-state index in [2.05, 4.69) is 10.4 Å². The van der Waals surface area contributed by atoms with Crippen LogP contribution in [0.3, 0.4) is 0 Å². The molecule has 0 unspecified atom stereocenters. The Morgan fingerprint density at radius 3 is 2.85 bits per heavy atom. The van der Waals surface area contributed by atoms with Crippen molar-refractivity contribution >= 4 is 6.03 Å². The van der Waals surface area contributed by atoms with E-state index in [1.165, 1.54) is 11.0 Å². The number of hydrogen-bond acceptors (Lipinski definition) is 2. The average Bonchev–Trinajstić information content (AvgIpc) is 2.82. The fourth-order valence-corrected chi connectivity index (χ4v) is 1.85. The standard InChI is InChI=1S/C14H17FN4O/c1-18(9-11-7-17-19(2)10-11)14(20)16-8-12-5-3-4-6-13(12)15/h3-7,10H,8-9H2,1-2H3,(H,16,20). The lowest BCUT2D eigenvalue weighted by atomic mass is 10.2. The molecule has 0 aliphatic heterocycles. The maximum atomic E-state index is 13.4. The molecule has 2 rings (SSSR count). The van der Waals surface area contributed by atoms with Crippen molar-refractivity contribution in [2.75, 3.05) is 7.05 Å². The number of rotatable bonds is 4. The van der Waals surface area contributed by atoms with Crippen LogP contribution in [-0.4, -0.2) is 27.8 Å². The van der Waals surface area contributed by atoms with Crippen molar-refractivity contribution in [3.63, 3.8) is 0 Å². The Morgan fingerprint density at radius 1 is 1.45 bits per heavy atom. The van der Waals surface area contributed by atoms with Gasteiger partial charge in [-0.05, 0) is 6.07 Å². The van der Waals surface area contributed by atoms with E-state index in [0.29, 0.717) is 12.1 Å². The molecule has 5 nitrogen and oxygen atoms in total. The molecule has 2 amide bonds. The van der Waals surface area contributed by atoms with Crippen molar-refractivity contribution in [2.24, 2.45) is 7.05 Å². The highest BCUT2D eigenvalue weighted by Crippen LogP contribution is 2.06. The van der Waals surface area contributed by atoms with E-state index in [1.54, 1.807) is 36.1 Å². The number of hydrogen-bond donors (Lipinski definition) is 1. The zero-order valence-corrected chi connectivity index (χ0v) is 11.5. The molecule has 20 heavy (non-hydrogen) atoms. The van der Waals surface area contributed by atoms with E-state index in [1.807, 2.05) is 13.2 Å². The molecule has 0 aliphatic carbocycles. The van der Waals surface area contributed by atoms with E-state index < -0.39 is 0 Å². The van der Waals surface area contributed by atoms with Crippen LogP contribution in [0.5, 0.6) is 0 Å². The fraction of sp³-hybridized carbons (Fsp3) is 0.286. The SMILES string of the molecule is CN(Cc1cnn(C)c1)C(=O)NCc1ccccc1F. The zero-order valence-electron chi connectivity index (χ0n) is 11.5. The second kappa shape index (κ2) is 6.18. The second-order valence-corrected chi connectivity index (χ2v) is 4.63. The molecule has 0 bridgehead atoms. The number of carbonyl (C=O) groups is 1. The smallest absolute Gasteiger partial charge is 0.317 e. The van der Waals surface area contributed by atoms with Crippen LogP contribution in [-0.2, 0) is 20.1 Å². The lowest BCUT2D eigenvalue weighted by Gasteiger charge is -2.17. The fourth-order valence-electron chi connectivity index (χ4n) is 1.85. The normalized spacial score (nSPS) is 10.3. The van der Waals surface area contributed by atoms with Crippen molar-refractivity contribution < 1.29 is 9.18 Å². The van der Waals surface area contributed by atoms with Gasteiger partial charge >= 0.3 is 6.03 Å². The molecule has 0 spiro atoms. The molecular formula is C14H17FN4O. The highest BCUT2D eigenvalue weighted by atomic mass is 19.1. The highest BCUT2D eigenvalue weighted by molar-refractivity contribution is 5.73. The van der Waals surface area contributed by atoms with Gasteiger partial charge in [0.15, 0.2) is 0 Å². The molecule has 0 saturated heterocycles. The Kier molecular flexibility index (Phi) is 4.34. The summed E-state index contributed by atoms with van der Waals surface area (Å²) in [6, 6.07) is 6.13. The highest BCUT2D eigenvalue weighted by Gasteiger charge is 2.10. The third-order valence-corrected chi connectivity index (χ3v) is 2.91. The third-order valence-electron chi connectivity index (χ3n) is 2.91. The molecule has 0 atom stereocenters. The molecule has 1 aromatic heterocycles. The van der Waals surface area contributed by atoms with Crippen molar-refractivity contribution in [3.8, 4) is 0 Å². The number of aromatic nitrogens is 2. The van der Waals surface area contributed by atoms with Crippen LogP contribution in [0.15, 0.2) is 36.7 Å². The van der Waals surface area contributed by atoms with Gasteiger partial charge in [0, 0.05) is 38.0 Å². The number of nitrogens with zero attached hydrogens (tertiary/aromatic N) is 3. The Balaban J connectivity index is 1.87. The summed E-state index contributed by atoms with van der Waals surface area (Å²) < 4.78 is 15.1. The van der Waals surface area contributed by atoms with E-state index in [-0.39, 0.29) is 18.4 Å². The van der Waals surface area contributed by atoms with Crippen molar-refractivity contribution in [3.05, 3.63) is 53.6 Å². The Hall–Kier alpha value is -2.37. The first kappa shape index (κ1) is 14.0. The maximum absolute atomic E-state index is 13.4. The Labute approximate surface area is 117 Å². The summed E-state index contributed by atoms with van der Waals surface area (Å²) in [5.41, 5.74) is 1.41. The van der Waals surface area contributed by atoms with Gasteiger partial charge in [-0.2, -0.15) is 5.10 Å². The van der Waals surface area contributed by atoms with Crippen molar-refractivity contribution in [1.29, 1.82) is 0 Å². The summed E-state index contributed by atoms with van der Waals surface area (Å²) in [7, 11) is 3.51. The van der Waals surface area contributed by atoms with Crippen molar-refractivity contribution in [2.45, 2.75) is 13.1 Å². The minimum atomic E-state index is -0.317. The molecule has 1 aromatic carbocycles. The number of urea groups is 1. The summed E-state index contributed by atoms with van der Waals surface area (Å²) >= 11 is 0. The predicted molar refractivity (Wildman–Crippen MR) is 73.3 cm³/mol. The van der Waals surface area contributed by atoms with Gasteiger partial charge in [-0.25, -0.2) is 9.18 Å². The van der Waals surface area contributed by atoms with E-state index in [4.69, 9.17) is 0 Å². The Bertz CT molecular complexity index is 596. The summed E-state index contributed by atoms with van der Waals surface area (Å²) in [4.78, 5) is 13.4. The quantitative estimate of drug-likeness (QED) is 0.927. The molecule has 0 fully saturated rings. The number of benzene rings is 1. The maximum Gasteiger partial charge on any atom is 0.317 e. The first-order valence-corrected chi connectivity index (χ1v) is 6.26. The third kappa shape index (κ3) is 3.57. The van der Waals surface area contributed by atoms with Gasteiger partial charge in [-0.15, -0.1) is 0 Å². The topological polar surface area (TPSA) is 50.2 Å². The van der Waals surface area contributed by atoms with Gasteiger partial charge in [0.2, 0.25) is 0 Å². The average molecular weight is 276 g/mol. The minimum absolute atomic E-state index is 0.170. The van der Waals surface area contributed by atoms with Gasteiger partial charge < -0.3 is 10.2 Å². The van der Waals surface area contributed by atoms with Crippen LogP contribution in [0.2, 0.25) is 0 Å². The zero-order chi connectivity index (χ0) is 14.5. The summed E-state index contributed by atoms with van der Waals surface area (Å²) in [5, 5.41) is 6.73. The van der Waals surface area contributed by atoms with Gasteiger partial charge in [0.25, 0.3) is 0 Å². The lowest BCUT2D eigenvalue weighted by molar-refractivity contribution is 0.206. The van der Waals surface area contributed by atoms with Crippen LogP contribution < -0.4 is 5.32 Å². The Morgan fingerprint density at radius 2 is 2.20 bits per heavy atom. The number of carbonyl (C=O) groups excluding carboxylic acids is 1. The number of halogens is 1. The van der Waals surface area contributed by atoms with Gasteiger partial charge in [-0.1, -0.05) is 18.2 Å². The monoisotopic (exact) mass is 276 g/mol. The first-order chi connectivity index (χ1) is 9.56. The predicted octanol–water partition coefficient (Wildman–Crippen LogP) is 1.90. The molecule has 2 aromatic rings. The molecule has 0 aliphatic rings. The van der Waals surface area contributed by atoms with Gasteiger partial charge in [-0.3, -0.25) is 4.68 Å². The molecule has 1 N–H and O–H groups in total. The van der Waals surface area contributed by atoms with Gasteiger partial charge in [0.1, 0.15) is 5.82 Å². The van der Waals surface area contributed by atoms with Crippen LogP contribution in [0, 0.1) is 5.82 Å². The number of nitrogens with one attached hydrogen (secondary N) is 1. The molecular weight excluding hydrogens is 259 g/mol. The van der Waals surface area contributed by atoms with Crippen LogP contribution >= 0.6 is 0 Å². The summed E-state index contributed by atoms with van der Waals surface area (Å²) in [5.74, 6) is -0.317. The molecule has 1 heterocycles. The summed E-state index contributed by atoms with van der Waals surface area (Å²) in [6.07, 6.45) is 3.56. The number of aryl methyl sites for hydroxylation is 1. The molecule has 6 heteroatoms. The van der Waals surface area contributed by atoms with Crippen molar-refractivity contribution in [1.82, 2.24) is 20.0 Å². The largest absolute Gasteiger partial charge is 0.334 e.